The number of nitrogens with zero attached hydrogens (tertiary/aromatic N) is 1. The maximum absolute atomic E-state index is 11.7. The van der Waals surface area contributed by atoms with E-state index in [1.54, 1.807) is 0 Å². The number of para-hydroxylation sites is 1. The van der Waals surface area contributed by atoms with Crippen molar-refractivity contribution in [2.24, 2.45) is 0 Å². The van der Waals surface area contributed by atoms with Gasteiger partial charge in [-0.05, 0) is 24.3 Å². The number of aromatic hydroxyl groups is 1. The minimum atomic E-state index is -1.35. The van der Waals surface area contributed by atoms with Crippen LogP contribution in [0.5, 0.6) is 11.5 Å². The van der Waals surface area contributed by atoms with E-state index in [9.17, 15) is 24.8 Å². The standard InChI is InChI=1S/C14H10N2O7/c17-12-10(13(18)19)2-1-3-11(12)15-14(20)23-9-6-4-8(5-7-9)16(21)22/h1-7,17H,(H,15,20)(H,18,19). The van der Waals surface area contributed by atoms with Gasteiger partial charge in [0.15, 0.2) is 5.75 Å². The second kappa shape index (κ2) is 6.43. The van der Waals surface area contributed by atoms with Crippen molar-refractivity contribution in [2.45, 2.75) is 0 Å². The molecule has 3 N–H and O–H groups in total. The molecule has 0 spiro atoms. The summed E-state index contributed by atoms with van der Waals surface area (Å²) in [5.74, 6) is -1.92. The van der Waals surface area contributed by atoms with Crippen molar-refractivity contribution in [3.8, 4) is 11.5 Å². The summed E-state index contributed by atoms with van der Waals surface area (Å²) in [6.07, 6.45) is -0.989. The van der Waals surface area contributed by atoms with Gasteiger partial charge in [0.05, 0.1) is 10.6 Å². The number of carbonyl (C=O) groups is 2. The first-order chi connectivity index (χ1) is 10.9. The molecule has 0 heterocycles. The molecule has 0 saturated heterocycles. The molecular formula is C14H10N2O7. The van der Waals surface area contributed by atoms with Crippen LogP contribution in [0.2, 0.25) is 0 Å². The van der Waals surface area contributed by atoms with Crippen molar-refractivity contribution in [3.05, 3.63) is 58.1 Å². The molecule has 0 atom stereocenters. The number of carboxylic acid groups (broad SMARTS) is 1. The molecule has 0 bridgehead atoms. The molecule has 23 heavy (non-hydrogen) atoms. The average molecular weight is 318 g/mol. The molecule has 0 saturated carbocycles. The summed E-state index contributed by atoms with van der Waals surface area (Å²) in [6, 6.07) is 8.57. The first-order valence-corrected chi connectivity index (χ1v) is 6.17. The summed E-state index contributed by atoms with van der Waals surface area (Å²) in [5, 5.41) is 31.3. The summed E-state index contributed by atoms with van der Waals surface area (Å²) in [4.78, 5) is 32.5. The molecule has 2 aromatic carbocycles. The van der Waals surface area contributed by atoms with Gasteiger partial charge in [0.1, 0.15) is 11.3 Å². The van der Waals surface area contributed by atoms with Gasteiger partial charge >= 0.3 is 12.1 Å². The second-order valence-corrected chi connectivity index (χ2v) is 4.27. The molecule has 0 aliphatic rings. The third-order valence-electron chi connectivity index (χ3n) is 2.76. The Morgan fingerprint density at radius 1 is 1.13 bits per heavy atom. The zero-order valence-electron chi connectivity index (χ0n) is 11.4. The first-order valence-electron chi connectivity index (χ1n) is 6.17. The minimum Gasteiger partial charge on any atom is -0.505 e. The molecule has 2 rings (SSSR count). The van der Waals surface area contributed by atoms with Crippen molar-refractivity contribution in [2.75, 3.05) is 5.32 Å². The molecule has 0 aliphatic carbocycles. The van der Waals surface area contributed by atoms with Crippen LogP contribution in [0.4, 0.5) is 16.2 Å². The molecule has 9 heteroatoms. The van der Waals surface area contributed by atoms with Gasteiger partial charge in [-0.15, -0.1) is 0 Å². The fraction of sp³-hybridized carbons (Fsp3) is 0. The Morgan fingerprint density at radius 2 is 1.78 bits per heavy atom. The van der Waals surface area contributed by atoms with E-state index in [2.05, 4.69) is 5.32 Å². The molecule has 118 valence electrons. The van der Waals surface area contributed by atoms with Crippen LogP contribution in [0.1, 0.15) is 10.4 Å². The third kappa shape index (κ3) is 3.73. The highest BCUT2D eigenvalue weighted by molar-refractivity contribution is 5.96. The van der Waals surface area contributed by atoms with E-state index in [0.29, 0.717) is 0 Å². The quantitative estimate of drug-likeness (QED) is 0.447. The number of amides is 1. The topological polar surface area (TPSA) is 139 Å². The van der Waals surface area contributed by atoms with Gasteiger partial charge in [-0.2, -0.15) is 0 Å². The maximum Gasteiger partial charge on any atom is 0.417 e. The van der Waals surface area contributed by atoms with Crippen molar-refractivity contribution in [1.29, 1.82) is 0 Å². The summed E-state index contributed by atoms with van der Waals surface area (Å²) in [6.45, 7) is 0. The number of ether oxygens (including phenoxy) is 1. The Morgan fingerprint density at radius 3 is 2.35 bits per heavy atom. The molecule has 0 unspecified atom stereocenters. The molecule has 2 aromatic rings. The fourth-order valence-corrected chi connectivity index (χ4v) is 1.70. The van der Waals surface area contributed by atoms with Crippen LogP contribution in [0.15, 0.2) is 42.5 Å². The number of carboxylic acids is 1. The van der Waals surface area contributed by atoms with Crippen LogP contribution in [-0.2, 0) is 0 Å². The molecular weight excluding hydrogens is 308 g/mol. The molecule has 0 fully saturated rings. The number of nitro benzene ring substituents is 1. The van der Waals surface area contributed by atoms with Crippen molar-refractivity contribution < 1.29 is 29.5 Å². The molecule has 0 radical (unpaired) electrons. The number of nitro groups is 1. The lowest BCUT2D eigenvalue weighted by Crippen LogP contribution is -2.17. The van der Waals surface area contributed by atoms with Gasteiger partial charge in [0.25, 0.3) is 5.69 Å². The van der Waals surface area contributed by atoms with E-state index >= 15 is 0 Å². The van der Waals surface area contributed by atoms with Crippen molar-refractivity contribution in [3.63, 3.8) is 0 Å². The number of aromatic carboxylic acids is 1. The summed E-state index contributed by atoms with van der Waals surface area (Å²) < 4.78 is 4.88. The number of rotatable bonds is 4. The van der Waals surface area contributed by atoms with Crippen molar-refractivity contribution >= 4 is 23.4 Å². The Bertz CT molecular complexity index is 771. The predicted molar refractivity (Wildman–Crippen MR) is 77.8 cm³/mol. The van der Waals surface area contributed by atoms with Gasteiger partial charge in [-0.3, -0.25) is 15.4 Å². The lowest BCUT2D eigenvalue weighted by molar-refractivity contribution is -0.384. The van der Waals surface area contributed by atoms with Gasteiger partial charge < -0.3 is 14.9 Å². The number of phenols is 1. The summed E-state index contributed by atoms with van der Waals surface area (Å²) in [5.41, 5.74) is -0.681. The lowest BCUT2D eigenvalue weighted by Gasteiger charge is -2.09. The van der Waals surface area contributed by atoms with E-state index in [4.69, 9.17) is 9.84 Å². The number of carbonyl (C=O) groups excluding carboxylic acids is 1. The highest BCUT2D eigenvalue weighted by Crippen LogP contribution is 2.27. The van der Waals surface area contributed by atoms with Gasteiger partial charge in [-0.25, -0.2) is 9.59 Å². The molecule has 0 aromatic heterocycles. The Kier molecular flexibility index (Phi) is 4.41. The Labute approximate surface area is 128 Å². The highest BCUT2D eigenvalue weighted by Gasteiger charge is 2.15. The van der Waals surface area contributed by atoms with Crippen LogP contribution in [0.25, 0.3) is 0 Å². The first kappa shape index (κ1) is 15.8. The number of non-ortho nitro benzene ring substituents is 1. The zero-order valence-corrected chi connectivity index (χ0v) is 11.4. The van der Waals surface area contributed by atoms with E-state index in [-0.39, 0.29) is 22.7 Å². The zero-order chi connectivity index (χ0) is 17.0. The minimum absolute atomic E-state index is 0.0435. The Balaban J connectivity index is 2.09. The number of benzene rings is 2. The fourth-order valence-electron chi connectivity index (χ4n) is 1.70. The van der Waals surface area contributed by atoms with Gasteiger partial charge in [0.2, 0.25) is 0 Å². The molecule has 9 nitrogen and oxygen atoms in total. The monoisotopic (exact) mass is 318 g/mol. The van der Waals surface area contributed by atoms with Gasteiger partial charge in [-0.1, -0.05) is 6.07 Å². The number of nitrogens with one attached hydrogen (secondary N) is 1. The number of hydrogen-bond acceptors (Lipinski definition) is 6. The van der Waals surface area contributed by atoms with Crippen LogP contribution < -0.4 is 10.1 Å². The van der Waals surface area contributed by atoms with Gasteiger partial charge in [0, 0.05) is 12.1 Å². The predicted octanol–water partition coefficient (Wildman–Crippen LogP) is 2.61. The molecule has 1 amide bonds. The average Bonchev–Trinajstić information content (AvgIpc) is 2.49. The van der Waals surface area contributed by atoms with E-state index in [1.165, 1.54) is 30.3 Å². The number of anilines is 1. The maximum atomic E-state index is 11.7. The third-order valence-corrected chi connectivity index (χ3v) is 2.76. The normalized spacial score (nSPS) is 9.91. The van der Waals surface area contributed by atoms with Crippen LogP contribution in [-0.4, -0.2) is 27.2 Å². The smallest absolute Gasteiger partial charge is 0.417 e. The lowest BCUT2D eigenvalue weighted by atomic mass is 10.2. The van der Waals surface area contributed by atoms with Crippen LogP contribution in [0.3, 0.4) is 0 Å². The Hall–Kier alpha value is -3.62. The summed E-state index contributed by atoms with van der Waals surface area (Å²) in [7, 11) is 0. The second-order valence-electron chi connectivity index (χ2n) is 4.27. The SMILES string of the molecule is O=C(Nc1cccc(C(=O)O)c1O)Oc1ccc([N+](=O)[O-])cc1. The van der Waals surface area contributed by atoms with E-state index in [1.807, 2.05) is 0 Å². The van der Waals surface area contributed by atoms with Crippen LogP contribution >= 0.6 is 0 Å². The van der Waals surface area contributed by atoms with Crippen LogP contribution in [0, 0.1) is 10.1 Å². The highest BCUT2D eigenvalue weighted by atomic mass is 16.6. The summed E-state index contributed by atoms with van der Waals surface area (Å²) >= 11 is 0. The van der Waals surface area contributed by atoms with Crippen molar-refractivity contribution in [1.82, 2.24) is 0 Å². The molecule has 0 aliphatic heterocycles. The number of hydrogen-bond donors (Lipinski definition) is 3. The largest absolute Gasteiger partial charge is 0.505 e. The van der Waals surface area contributed by atoms with E-state index < -0.39 is 22.7 Å². The van der Waals surface area contributed by atoms with E-state index in [0.717, 1.165) is 12.1 Å².